The molecule has 382 valence electrons. The molecular weight excluding hydrogens is 880 g/mol. The van der Waals surface area contributed by atoms with Gasteiger partial charge in [-0.3, -0.25) is 0 Å². The van der Waals surface area contributed by atoms with Gasteiger partial charge in [0.1, 0.15) is 9.03 Å². The lowest BCUT2D eigenvalue weighted by Crippen LogP contribution is -2.20. The molecule has 0 amide bonds. The van der Waals surface area contributed by atoms with Gasteiger partial charge in [-0.1, -0.05) is 269 Å². The molecule has 0 spiro atoms. The second kappa shape index (κ2) is 20.2. The van der Waals surface area contributed by atoms with Crippen LogP contribution in [0, 0.1) is 0 Å². The molecule has 3 heteroatoms. The largest absolute Gasteiger partial charge is 0.352 e. The van der Waals surface area contributed by atoms with Crippen LogP contribution in [0.4, 0.5) is 0 Å². The van der Waals surface area contributed by atoms with Crippen LogP contribution in [0.15, 0.2) is 109 Å². The Hall–Kier alpha value is -4.33. The second-order valence-corrected chi connectivity index (χ2v) is 28.8. The van der Waals surface area contributed by atoms with E-state index in [9.17, 15) is 0 Å². The summed E-state index contributed by atoms with van der Waals surface area (Å²) in [5.74, 6) is 0. The van der Waals surface area contributed by atoms with E-state index in [-0.39, 0.29) is 43.3 Å². The summed E-state index contributed by atoms with van der Waals surface area (Å²) >= 11 is 0. The monoisotopic (exact) mass is 973 g/mol. The molecule has 0 unspecified atom stereocenters. The van der Waals surface area contributed by atoms with Crippen LogP contribution in [-0.2, 0) is 43.3 Å². The van der Waals surface area contributed by atoms with Gasteiger partial charge >= 0.3 is 0 Å². The summed E-state index contributed by atoms with van der Waals surface area (Å²) in [5, 5.41) is 0. The average molecular weight is 973 g/mol. The predicted octanol–water partition coefficient (Wildman–Crippen LogP) is 19.9. The highest BCUT2D eigenvalue weighted by Gasteiger charge is 2.35. The SMILES string of the molecule is CC(C)(C)c1ccc(-c2cc(-c3ccc(C(C)(C)C)cc3C(C)(C)C)c(-c3ccc(C(C)(C)C)cc3C(C)(C)C)c(-c3ccc(C(C)(C)C)cc3C(C)(C)C)c2-c2ccccc2)c(C(C)(C)C)c1.OPO. The first-order valence-corrected chi connectivity index (χ1v) is 27.0. The van der Waals surface area contributed by atoms with Crippen LogP contribution in [0.1, 0.15) is 211 Å². The van der Waals surface area contributed by atoms with Crippen molar-refractivity contribution in [1.82, 2.24) is 0 Å². The molecule has 0 saturated heterocycles. The minimum atomic E-state index is -0.917. The maximum Gasteiger partial charge on any atom is 0.149 e. The summed E-state index contributed by atoms with van der Waals surface area (Å²) in [4.78, 5) is 14.3. The molecule has 0 aromatic heterocycles. The van der Waals surface area contributed by atoms with Gasteiger partial charge in [-0.05, 0) is 150 Å². The Morgan fingerprint density at radius 1 is 0.254 bits per heavy atom. The quantitative estimate of drug-likeness (QED) is 0.169. The lowest BCUT2D eigenvalue weighted by molar-refractivity contribution is 0.513. The van der Waals surface area contributed by atoms with Gasteiger partial charge in [0.15, 0.2) is 0 Å². The van der Waals surface area contributed by atoms with Crippen molar-refractivity contribution in [3.8, 4) is 55.6 Å². The van der Waals surface area contributed by atoms with Crippen molar-refractivity contribution < 1.29 is 9.79 Å². The molecule has 6 aromatic rings. The topological polar surface area (TPSA) is 40.5 Å². The number of hydrogen-bond donors (Lipinski definition) is 2. The zero-order valence-corrected chi connectivity index (χ0v) is 49.8. The maximum absolute atomic E-state index is 7.15. The normalized spacial score (nSPS) is 13.3. The fourth-order valence-electron chi connectivity index (χ4n) is 9.99. The van der Waals surface area contributed by atoms with Crippen molar-refractivity contribution in [2.45, 2.75) is 209 Å². The summed E-state index contributed by atoms with van der Waals surface area (Å²) in [6.45, 7) is 57.1. The van der Waals surface area contributed by atoms with Gasteiger partial charge in [-0.25, -0.2) is 0 Å². The van der Waals surface area contributed by atoms with Crippen molar-refractivity contribution in [3.63, 3.8) is 0 Å². The van der Waals surface area contributed by atoms with E-state index in [1.165, 1.54) is 100 Å². The number of benzene rings is 6. The maximum atomic E-state index is 7.15. The molecule has 71 heavy (non-hydrogen) atoms. The molecule has 0 fully saturated rings. The van der Waals surface area contributed by atoms with Crippen LogP contribution in [0.25, 0.3) is 55.6 Å². The fourth-order valence-corrected chi connectivity index (χ4v) is 9.99. The van der Waals surface area contributed by atoms with Crippen molar-refractivity contribution in [2.24, 2.45) is 0 Å². The van der Waals surface area contributed by atoms with Crippen molar-refractivity contribution in [3.05, 3.63) is 154 Å². The summed E-state index contributed by atoms with van der Waals surface area (Å²) < 4.78 is 0. The minimum Gasteiger partial charge on any atom is -0.352 e. The molecule has 0 heterocycles. The lowest BCUT2D eigenvalue weighted by Gasteiger charge is -2.35. The van der Waals surface area contributed by atoms with Crippen LogP contribution in [0.3, 0.4) is 0 Å². The number of rotatable bonds is 5. The highest BCUT2D eigenvalue weighted by atomic mass is 31.1. The van der Waals surface area contributed by atoms with Crippen LogP contribution >= 0.6 is 9.03 Å². The van der Waals surface area contributed by atoms with E-state index in [0.29, 0.717) is 0 Å². The molecule has 0 aliphatic carbocycles. The first-order chi connectivity index (χ1) is 32.2. The molecule has 2 nitrogen and oxygen atoms in total. The van der Waals surface area contributed by atoms with Crippen LogP contribution < -0.4 is 0 Å². The Bertz CT molecular complexity index is 2840. The summed E-state index contributed by atoms with van der Waals surface area (Å²) in [6, 6.07) is 43.8. The molecule has 0 radical (unpaired) electrons. The van der Waals surface area contributed by atoms with Gasteiger partial charge < -0.3 is 9.79 Å². The average Bonchev–Trinajstić information content (AvgIpc) is 3.23. The van der Waals surface area contributed by atoms with E-state index in [0.717, 1.165) is 0 Å². The van der Waals surface area contributed by atoms with Gasteiger partial charge in [-0.15, -0.1) is 0 Å². The Balaban J connectivity index is 0.00000305. The Morgan fingerprint density at radius 3 is 0.789 bits per heavy atom. The summed E-state index contributed by atoms with van der Waals surface area (Å²) in [7, 11) is -0.917. The molecule has 6 rings (SSSR count). The van der Waals surface area contributed by atoms with Crippen molar-refractivity contribution in [1.29, 1.82) is 0 Å². The third-order valence-corrected chi connectivity index (χ3v) is 14.3. The summed E-state index contributed by atoms with van der Waals surface area (Å²) in [6.07, 6.45) is 0. The third-order valence-electron chi connectivity index (χ3n) is 14.3. The molecule has 6 aromatic carbocycles. The van der Waals surface area contributed by atoms with Crippen molar-refractivity contribution in [2.75, 3.05) is 0 Å². The molecule has 0 atom stereocenters. The first kappa shape index (κ1) is 57.6. The van der Waals surface area contributed by atoms with Crippen molar-refractivity contribution >= 4 is 9.03 Å². The molecule has 2 N–H and O–H groups in total. The molecule has 0 aliphatic rings. The van der Waals surface area contributed by atoms with E-state index < -0.39 is 9.03 Å². The predicted molar refractivity (Wildman–Crippen MR) is 316 cm³/mol. The van der Waals surface area contributed by atoms with E-state index in [4.69, 9.17) is 9.79 Å². The zero-order valence-electron chi connectivity index (χ0n) is 48.8. The van der Waals surface area contributed by atoms with Gasteiger partial charge in [0.2, 0.25) is 0 Å². The van der Waals surface area contributed by atoms with Gasteiger partial charge in [0, 0.05) is 0 Å². The van der Waals surface area contributed by atoms with E-state index in [1.807, 2.05) is 0 Å². The van der Waals surface area contributed by atoms with Gasteiger partial charge in [-0.2, -0.15) is 0 Å². The van der Waals surface area contributed by atoms with E-state index >= 15 is 0 Å². The molecule has 0 bridgehead atoms. The molecule has 0 saturated carbocycles. The third kappa shape index (κ3) is 12.9. The van der Waals surface area contributed by atoms with Crippen LogP contribution in [-0.4, -0.2) is 9.79 Å². The van der Waals surface area contributed by atoms with E-state index in [1.54, 1.807) is 0 Å². The zero-order chi connectivity index (χ0) is 53.8. The highest BCUT2D eigenvalue weighted by Crippen LogP contribution is 2.56. The second-order valence-electron chi connectivity index (χ2n) is 28.6. The fraction of sp³-hybridized carbons (Fsp3) is 0.471. The highest BCUT2D eigenvalue weighted by molar-refractivity contribution is 7.23. The van der Waals surface area contributed by atoms with E-state index in [2.05, 4.69) is 275 Å². The van der Waals surface area contributed by atoms with Gasteiger partial charge in [0.25, 0.3) is 0 Å². The molecule has 0 aliphatic heterocycles. The summed E-state index contributed by atoms with van der Waals surface area (Å²) in [5.41, 5.74) is 23.1. The van der Waals surface area contributed by atoms with Gasteiger partial charge in [0.05, 0.1) is 0 Å². The Kier molecular flexibility index (Phi) is 16.4. The number of hydrogen-bond acceptors (Lipinski definition) is 2. The van der Waals surface area contributed by atoms with Crippen LogP contribution in [0.2, 0.25) is 0 Å². The standard InChI is InChI=1S/C68H90.H3O2P/c1-61(2,3)44-30-34-48(54(38-44)65(13,14)15)52-42-53(49-35-31-45(62(4,5)6)39-55(49)66(16,17)18)59(50-36-32-46(63(7,8)9)40-56(50)67(19,20)21)60(58(52)43-28-26-25-27-29-43)51-37-33-47(64(10,11)12)41-57(51)68(22,23)24;1-3-2/h25-42H,1-24H3;1-3H. The Labute approximate surface area is 435 Å². The smallest absolute Gasteiger partial charge is 0.149 e. The lowest BCUT2D eigenvalue weighted by atomic mass is 9.69. The first-order valence-electron chi connectivity index (χ1n) is 26.1. The minimum absolute atomic E-state index is 0.00361. The van der Waals surface area contributed by atoms with Crippen LogP contribution in [0.5, 0.6) is 0 Å². The Morgan fingerprint density at radius 2 is 0.507 bits per heavy atom. The molecular formula is C68H93O2P.